The molecular weight excluding hydrogens is 326 g/mol. The Morgan fingerprint density at radius 3 is 2.85 bits per heavy atom. The number of aromatic nitrogens is 7. The van der Waals surface area contributed by atoms with Crippen LogP contribution in [0.2, 0.25) is 0 Å². The molecule has 0 N–H and O–H groups in total. The van der Waals surface area contributed by atoms with Crippen LogP contribution in [0.4, 0.5) is 0 Å². The molecule has 7 heteroatoms. The highest BCUT2D eigenvalue weighted by Gasteiger charge is 2.10. The fraction of sp³-hybridized carbons (Fsp3) is 0.105. The molecule has 26 heavy (non-hydrogen) atoms. The Morgan fingerprint density at radius 2 is 1.96 bits per heavy atom. The molecule has 0 atom stereocenters. The Morgan fingerprint density at radius 1 is 1.00 bits per heavy atom. The lowest BCUT2D eigenvalue weighted by Gasteiger charge is -2.06. The Labute approximate surface area is 149 Å². The number of rotatable bonds is 3. The highest BCUT2D eigenvalue weighted by molar-refractivity contribution is 5.79. The van der Waals surface area contributed by atoms with Crippen LogP contribution in [0.25, 0.3) is 33.5 Å². The molecule has 5 aromatic rings. The van der Waals surface area contributed by atoms with Gasteiger partial charge in [-0.3, -0.25) is 9.67 Å². The van der Waals surface area contributed by atoms with Crippen LogP contribution in [-0.2, 0) is 13.6 Å². The Kier molecular flexibility index (Phi) is 3.24. The first-order valence-electron chi connectivity index (χ1n) is 8.27. The molecule has 0 unspecified atom stereocenters. The van der Waals surface area contributed by atoms with Gasteiger partial charge in [0.2, 0.25) is 0 Å². The first-order valence-corrected chi connectivity index (χ1v) is 8.27. The second-order valence-corrected chi connectivity index (χ2v) is 6.21. The topological polar surface area (TPSA) is 74.3 Å². The second-order valence-electron chi connectivity index (χ2n) is 6.21. The highest BCUT2D eigenvalue weighted by Crippen LogP contribution is 2.19. The zero-order valence-corrected chi connectivity index (χ0v) is 14.1. The van der Waals surface area contributed by atoms with E-state index in [2.05, 4.69) is 38.2 Å². The third-order valence-electron chi connectivity index (χ3n) is 4.34. The molecule has 0 saturated carbocycles. The van der Waals surface area contributed by atoms with Gasteiger partial charge in [0.1, 0.15) is 5.52 Å². The molecule has 0 bridgehead atoms. The molecule has 4 aromatic heterocycles. The summed E-state index contributed by atoms with van der Waals surface area (Å²) < 4.78 is 3.78. The van der Waals surface area contributed by atoms with Gasteiger partial charge in [0, 0.05) is 24.8 Å². The molecule has 0 saturated heterocycles. The zero-order valence-electron chi connectivity index (χ0n) is 14.1. The van der Waals surface area contributed by atoms with E-state index in [1.54, 1.807) is 23.4 Å². The van der Waals surface area contributed by atoms with Crippen molar-refractivity contribution >= 4 is 22.1 Å². The largest absolute Gasteiger partial charge is 0.311 e. The van der Waals surface area contributed by atoms with E-state index in [1.807, 2.05) is 36.1 Å². The van der Waals surface area contributed by atoms with Crippen molar-refractivity contribution in [2.45, 2.75) is 6.54 Å². The van der Waals surface area contributed by atoms with Crippen molar-refractivity contribution in [1.82, 2.24) is 34.3 Å². The zero-order chi connectivity index (χ0) is 17.5. The number of fused-ring (bicyclic) bond motifs is 2. The molecule has 4 heterocycles. The predicted molar refractivity (Wildman–Crippen MR) is 98.4 cm³/mol. The number of hydrogen-bond donors (Lipinski definition) is 0. The van der Waals surface area contributed by atoms with E-state index in [9.17, 15) is 0 Å². The first kappa shape index (κ1) is 14.7. The molecule has 0 aliphatic heterocycles. The van der Waals surface area contributed by atoms with Crippen LogP contribution in [0.3, 0.4) is 0 Å². The fourth-order valence-electron chi connectivity index (χ4n) is 3.07. The molecule has 0 amide bonds. The number of hydrogen-bond acceptors (Lipinski definition) is 5. The van der Waals surface area contributed by atoms with Gasteiger partial charge in [-0.1, -0.05) is 12.1 Å². The molecule has 0 fully saturated rings. The minimum Gasteiger partial charge on any atom is -0.311 e. The number of nitrogens with zero attached hydrogens (tertiary/aromatic N) is 7. The lowest BCUT2D eigenvalue weighted by atomic mass is 10.1. The van der Waals surface area contributed by atoms with Gasteiger partial charge < -0.3 is 4.57 Å². The van der Waals surface area contributed by atoms with Gasteiger partial charge in [-0.15, -0.1) is 0 Å². The summed E-state index contributed by atoms with van der Waals surface area (Å²) >= 11 is 0. The van der Waals surface area contributed by atoms with E-state index in [0.29, 0.717) is 12.4 Å². The van der Waals surface area contributed by atoms with E-state index < -0.39 is 0 Å². The van der Waals surface area contributed by atoms with Crippen molar-refractivity contribution in [2.75, 3.05) is 0 Å². The maximum atomic E-state index is 4.70. The SMILES string of the molecule is Cn1cc(-c2ncc3ncn(Cc4ccc5ncccc5c4)c3n2)cn1. The van der Waals surface area contributed by atoms with Crippen molar-refractivity contribution in [2.24, 2.45) is 7.05 Å². The normalized spacial score (nSPS) is 11.4. The monoisotopic (exact) mass is 341 g/mol. The first-order chi connectivity index (χ1) is 12.8. The van der Waals surface area contributed by atoms with Gasteiger partial charge in [-0.25, -0.2) is 15.0 Å². The quantitative estimate of drug-likeness (QED) is 0.504. The molecular formula is C19H15N7. The van der Waals surface area contributed by atoms with Gasteiger partial charge in [-0.2, -0.15) is 5.10 Å². The van der Waals surface area contributed by atoms with Crippen molar-refractivity contribution < 1.29 is 0 Å². The van der Waals surface area contributed by atoms with Crippen LogP contribution < -0.4 is 0 Å². The van der Waals surface area contributed by atoms with E-state index in [4.69, 9.17) is 4.98 Å². The molecule has 0 radical (unpaired) electrons. The molecule has 0 aliphatic carbocycles. The van der Waals surface area contributed by atoms with Crippen LogP contribution >= 0.6 is 0 Å². The minimum absolute atomic E-state index is 0.648. The second kappa shape index (κ2) is 5.73. The summed E-state index contributed by atoms with van der Waals surface area (Å²) in [5.74, 6) is 0.648. The lowest BCUT2D eigenvalue weighted by Crippen LogP contribution is -2.00. The summed E-state index contributed by atoms with van der Waals surface area (Å²) in [5, 5.41) is 5.31. The van der Waals surface area contributed by atoms with Gasteiger partial charge >= 0.3 is 0 Å². The average Bonchev–Trinajstić information content (AvgIpc) is 3.28. The standard InChI is InChI=1S/C19H15N7/c1-25-11-15(8-23-25)18-21-9-17-19(24-18)26(12-22-17)10-13-4-5-16-14(7-13)3-2-6-20-16/h2-9,11-12H,10H2,1H3. The number of pyridine rings is 1. The van der Waals surface area contributed by atoms with E-state index in [0.717, 1.165) is 27.6 Å². The third-order valence-corrected chi connectivity index (χ3v) is 4.34. The molecule has 126 valence electrons. The number of imidazole rings is 1. The Hall–Kier alpha value is -3.61. The third kappa shape index (κ3) is 2.50. The summed E-state index contributed by atoms with van der Waals surface area (Å²) in [6.45, 7) is 0.685. The summed E-state index contributed by atoms with van der Waals surface area (Å²) in [6, 6.07) is 10.3. The fourth-order valence-corrected chi connectivity index (χ4v) is 3.07. The number of benzene rings is 1. The van der Waals surface area contributed by atoms with Crippen molar-refractivity contribution in [3.8, 4) is 11.4 Å². The van der Waals surface area contributed by atoms with Crippen LogP contribution in [0.5, 0.6) is 0 Å². The highest BCUT2D eigenvalue weighted by atomic mass is 15.2. The summed E-state index contributed by atoms with van der Waals surface area (Å²) in [6.07, 6.45) is 9.03. The van der Waals surface area contributed by atoms with Crippen molar-refractivity contribution in [1.29, 1.82) is 0 Å². The van der Waals surface area contributed by atoms with Gasteiger partial charge in [0.25, 0.3) is 0 Å². The van der Waals surface area contributed by atoms with E-state index >= 15 is 0 Å². The van der Waals surface area contributed by atoms with Crippen LogP contribution in [0.15, 0.2) is 61.4 Å². The smallest absolute Gasteiger partial charge is 0.164 e. The summed E-state index contributed by atoms with van der Waals surface area (Å²) in [5.41, 5.74) is 4.64. The maximum Gasteiger partial charge on any atom is 0.164 e. The van der Waals surface area contributed by atoms with Gasteiger partial charge in [-0.05, 0) is 23.8 Å². The molecule has 7 nitrogen and oxygen atoms in total. The number of aryl methyl sites for hydroxylation is 1. The molecule has 0 aliphatic rings. The van der Waals surface area contributed by atoms with Crippen LogP contribution in [0, 0.1) is 0 Å². The van der Waals surface area contributed by atoms with Gasteiger partial charge in [0.15, 0.2) is 11.5 Å². The van der Waals surface area contributed by atoms with Crippen LogP contribution in [-0.4, -0.2) is 34.3 Å². The molecule has 1 aromatic carbocycles. The summed E-state index contributed by atoms with van der Waals surface area (Å²) in [7, 11) is 1.88. The molecule has 0 spiro atoms. The Balaban J connectivity index is 1.55. The Bertz CT molecular complexity index is 1240. The summed E-state index contributed by atoms with van der Waals surface area (Å²) in [4.78, 5) is 17.9. The van der Waals surface area contributed by atoms with Crippen molar-refractivity contribution in [3.63, 3.8) is 0 Å². The lowest BCUT2D eigenvalue weighted by molar-refractivity contribution is 0.768. The van der Waals surface area contributed by atoms with E-state index in [-0.39, 0.29) is 0 Å². The minimum atomic E-state index is 0.648. The average molecular weight is 341 g/mol. The van der Waals surface area contributed by atoms with Gasteiger partial charge in [0.05, 0.1) is 36.3 Å². The van der Waals surface area contributed by atoms with Crippen molar-refractivity contribution in [3.05, 3.63) is 67.0 Å². The predicted octanol–water partition coefficient (Wildman–Crippen LogP) is 2.82. The van der Waals surface area contributed by atoms with Crippen LogP contribution in [0.1, 0.15) is 5.56 Å². The molecule has 5 rings (SSSR count). The maximum absolute atomic E-state index is 4.70. The van der Waals surface area contributed by atoms with E-state index in [1.165, 1.54) is 5.56 Å².